The molecule has 10 aromatic carbocycles. The first-order valence-corrected chi connectivity index (χ1v) is 21.5. The van der Waals surface area contributed by atoms with Crippen molar-refractivity contribution in [1.82, 2.24) is 0 Å². The Morgan fingerprint density at radius 2 is 0.707 bits per heavy atom. The Kier molecular flexibility index (Phi) is 7.69. The zero-order chi connectivity index (χ0) is 38.2. The minimum atomic E-state index is 1.20. The van der Waals surface area contributed by atoms with Gasteiger partial charge in [0.1, 0.15) is 0 Å². The van der Waals surface area contributed by atoms with Gasteiger partial charge < -0.3 is 0 Å². The summed E-state index contributed by atoms with van der Waals surface area (Å²) in [5.74, 6) is 0. The zero-order valence-corrected chi connectivity index (χ0v) is 33.1. The number of thiophene rings is 2. The summed E-state index contributed by atoms with van der Waals surface area (Å²) >= 11 is 3.86. The molecule has 2 heterocycles. The zero-order valence-electron chi connectivity index (χ0n) is 31.4. The summed E-state index contributed by atoms with van der Waals surface area (Å²) in [6.45, 7) is 0. The first-order valence-electron chi connectivity index (χ1n) is 19.8. The molecule has 0 radical (unpaired) electrons. The van der Waals surface area contributed by atoms with Crippen molar-refractivity contribution < 1.29 is 0 Å². The summed E-state index contributed by atoms with van der Waals surface area (Å²) in [6, 6.07) is 76.2. The van der Waals surface area contributed by atoms with Gasteiger partial charge in [-0.2, -0.15) is 0 Å². The maximum atomic E-state index is 2.43. The summed E-state index contributed by atoms with van der Waals surface area (Å²) in [4.78, 5) is 0. The number of fused-ring (bicyclic) bond motifs is 13. The Morgan fingerprint density at radius 3 is 1.43 bits per heavy atom. The van der Waals surface area contributed by atoms with E-state index in [1.807, 2.05) is 22.7 Å². The van der Waals surface area contributed by atoms with Crippen LogP contribution in [0.1, 0.15) is 0 Å². The molecule has 12 rings (SSSR count). The highest BCUT2D eigenvalue weighted by Gasteiger charge is 2.18. The van der Waals surface area contributed by atoms with Gasteiger partial charge in [0, 0.05) is 45.7 Å². The van der Waals surface area contributed by atoms with Gasteiger partial charge in [-0.1, -0.05) is 170 Å². The van der Waals surface area contributed by atoms with Crippen LogP contribution in [0.4, 0.5) is 0 Å². The van der Waals surface area contributed by atoms with Crippen LogP contribution in [0.25, 0.3) is 117 Å². The van der Waals surface area contributed by atoms with Crippen LogP contribution < -0.4 is 0 Å². The van der Waals surface area contributed by atoms with E-state index in [9.17, 15) is 0 Å². The van der Waals surface area contributed by atoms with Crippen molar-refractivity contribution in [2.24, 2.45) is 0 Å². The molecular weight excluding hydrogens is 737 g/mol. The summed E-state index contributed by atoms with van der Waals surface area (Å²) < 4.78 is 5.47. The first kappa shape index (κ1) is 33.3. The van der Waals surface area contributed by atoms with Crippen LogP contribution in [-0.2, 0) is 0 Å². The molecule has 0 aliphatic carbocycles. The monoisotopic (exact) mass is 770 g/mol. The predicted molar refractivity (Wildman–Crippen MR) is 256 cm³/mol. The van der Waals surface area contributed by atoms with E-state index in [4.69, 9.17) is 0 Å². The number of rotatable bonds is 3. The Morgan fingerprint density at radius 1 is 0.241 bits per heavy atom. The molecule has 0 aliphatic heterocycles. The predicted octanol–water partition coefficient (Wildman–Crippen LogP) is 17.2. The van der Waals surface area contributed by atoms with Gasteiger partial charge in [-0.25, -0.2) is 0 Å². The second-order valence-corrected chi connectivity index (χ2v) is 17.3. The average molecular weight is 771 g/mol. The van der Waals surface area contributed by atoms with Gasteiger partial charge in [0.15, 0.2) is 0 Å². The molecule has 0 spiro atoms. The van der Waals surface area contributed by atoms with Gasteiger partial charge >= 0.3 is 0 Å². The van der Waals surface area contributed by atoms with Crippen molar-refractivity contribution in [3.63, 3.8) is 0 Å². The molecule has 0 amide bonds. The molecule has 2 aromatic heterocycles. The number of benzene rings is 9. The van der Waals surface area contributed by atoms with Gasteiger partial charge in [0.05, 0.1) is 0 Å². The van der Waals surface area contributed by atoms with Gasteiger partial charge in [0.2, 0.25) is 0 Å². The van der Waals surface area contributed by atoms with Gasteiger partial charge in [-0.3, -0.25) is 0 Å². The molecule has 0 fully saturated rings. The lowest BCUT2D eigenvalue weighted by Gasteiger charge is -2.11. The SMILES string of the molecule is c1cccc(-c2ccc3cc(-c4ccc5sc6c(c5c4)c4ccccc4c4sc5ccccc5c46)ccc3c2)c2ccccc2c(-c2ccc3ccccc3c2)cc1. The van der Waals surface area contributed by atoms with Crippen LogP contribution >= 0.6 is 22.7 Å². The Labute approximate surface area is 343 Å². The third-order valence-electron chi connectivity index (χ3n) is 11.9. The van der Waals surface area contributed by atoms with Crippen molar-refractivity contribution in [3.8, 4) is 33.4 Å². The van der Waals surface area contributed by atoms with Crippen molar-refractivity contribution in [3.05, 3.63) is 206 Å². The van der Waals surface area contributed by atoms with E-state index in [1.54, 1.807) is 0 Å². The van der Waals surface area contributed by atoms with E-state index < -0.39 is 0 Å². The molecule has 12 aromatic rings. The first-order chi connectivity index (χ1) is 28.7. The quantitative estimate of drug-likeness (QED) is 0.168. The van der Waals surface area contributed by atoms with Gasteiger partial charge in [-0.15, -0.1) is 22.7 Å². The molecule has 0 saturated heterocycles. The molecule has 2 heteroatoms. The fourth-order valence-corrected chi connectivity index (χ4v) is 11.7. The highest BCUT2D eigenvalue weighted by Crippen LogP contribution is 2.49. The molecular formula is C56H34S2. The van der Waals surface area contributed by atoms with Crippen LogP contribution in [0.5, 0.6) is 0 Å². The van der Waals surface area contributed by atoms with Crippen molar-refractivity contribution in [2.45, 2.75) is 0 Å². The second kappa shape index (κ2) is 13.4. The fraction of sp³-hybridized carbons (Fsp3) is 0. The lowest BCUT2D eigenvalue weighted by molar-refractivity contribution is 1.66. The highest BCUT2D eigenvalue weighted by atomic mass is 32.1. The lowest BCUT2D eigenvalue weighted by Crippen LogP contribution is -1.85. The van der Waals surface area contributed by atoms with Gasteiger partial charge in [-0.05, 0) is 107 Å². The Balaban J connectivity index is 0.997. The van der Waals surface area contributed by atoms with Crippen LogP contribution in [0.2, 0.25) is 0 Å². The normalized spacial score (nSPS) is 11.8. The molecule has 0 nitrogen and oxygen atoms in total. The molecule has 270 valence electrons. The lowest BCUT2D eigenvalue weighted by atomic mass is 9.93. The minimum absolute atomic E-state index is 1.20. The molecule has 0 saturated carbocycles. The van der Waals surface area contributed by atoms with Crippen LogP contribution in [0.3, 0.4) is 0 Å². The van der Waals surface area contributed by atoms with Crippen LogP contribution in [-0.4, -0.2) is 0 Å². The topological polar surface area (TPSA) is 0 Å². The molecule has 58 heavy (non-hydrogen) atoms. The summed E-state index contributed by atoms with van der Waals surface area (Å²) in [7, 11) is 0. The van der Waals surface area contributed by atoms with E-state index >= 15 is 0 Å². The van der Waals surface area contributed by atoms with Crippen LogP contribution in [0.15, 0.2) is 206 Å². The molecule has 0 bridgehead atoms. The van der Waals surface area contributed by atoms with Crippen molar-refractivity contribution in [2.75, 3.05) is 0 Å². The third-order valence-corrected chi connectivity index (χ3v) is 14.3. The number of hydrogen-bond donors (Lipinski definition) is 0. The third kappa shape index (κ3) is 5.34. The molecule has 0 aliphatic rings. The summed E-state index contributed by atoms with van der Waals surface area (Å²) in [5, 5.41) is 15.6. The average Bonchev–Trinajstić information content (AvgIpc) is 3.86. The van der Waals surface area contributed by atoms with E-state index in [0.29, 0.717) is 0 Å². The van der Waals surface area contributed by atoms with E-state index in [-0.39, 0.29) is 0 Å². The van der Waals surface area contributed by atoms with E-state index in [2.05, 4.69) is 206 Å². The Bertz CT molecular complexity index is 3690. The largest absolute Gasteiger partial charge is 0.134 e. The molecule has 0 atom stereocenters. The second-order valence-electron chi connectivity index (χ2n) is 15.2. The minimum Gasteiger partial charge on any atom is -0.134 e. The summed E-state index contributed by atoms with van der Waals surface area (Å²) in [6.07, 6.45) is 0. The standard InChI is InChI=1S/C56H34S2/c1-2-4-16-44(46-18-8-7-17-45(46)43(15-3-1)41-27-23-35-13-5-6-14-36(35)32-41)42-28-26-37-31-38(24-25-39(37)33-42)40-29-30-52-50(34-40)53-47-19-9-10-20-48(47)55-54(56(53)58-52)49-21-11-12-22-51(49)57-55/h1-34H. The molecule has 0 unspecified atom stereocenters. The van der Waals surface area contributed by atoms with Gasteiger partial charge in [0.25, 0.3) is 0 Å². The maximum absolute atomic E-state index is 2.43. The Hall–Kier alpha value is -6.84. The fourth-order valence-electron chi connectivity index (χ4n) is 9.10. The maximum Gasteiger partial charge on any atom is 0.0455 e. The van der Waals surface area contributed by atoms with E-state index in [0.717, 1.165) is 0 Å². The van der Waals surface area contributed by atoms with Crippen molar-refractivity contribution >= 4 is 106 Å². The van der Waals surface area contributed by atoms with Crippen LogP contribution in [0, 0.1) is 0 Å². The molecule has 0 N–H and O–H groups in total. The number of hydrogen-bond acceptors (Lipinski definition) is 2. The highest BCUT2D eigenvalue weighted by molar-refractivity contribution is 7.30. The van der Waals surface area contributed by atoms with E-state index in [1.165, 1.54) is 117 Å². The summed E-state index contributed by atoms with van der Waals surface area (Å²) in [5.41, 5.74) is 7.30. The smallest absolute Gasteiger partial charge is 0.0455 e. The van der Waals surface area contributed by atoms with Crippen molar-refractivity contribution in [1.29, 1.82) is 0 Å².